The molecule has 0 aromatic rings. The van der Waals surface area contributed by atoms with E-state index < -0.39 is 0 Å². The van der Waals surface area contributed by atoms with E-state index in [1.54, 1.807) is 0 Å². The van der Waals surface area contributed by atoms with E-state index >= 15 is 0 Å². The van der Waals surface area contributed by atoms with Crippen molar-refractivity contribution in [1.29, 1.82) is 0 Å². The molecule has 0 spiro atoms. The predicted octanol–water partition coefficient (Wildman–Crippen LogP) is 4.25. The molecule has 1 saturated carbocycles. The van der Waals surface area contributed by atoms with Crippen LogP contribution in [-0.4, -0.2) is 5.97 Å². The molecule has 18 heavy (non-hydrogen) atoms. The fourth-order valence-electron chi connectivity index (χ4n) is 2.56. The van der Waals surface area contributed by atoms with E-state index in [2.05, 4.69) is 44.7 Å². The Morgan fingerprint density at radius 1 is 1.22 bits per heavy atom. The van der Waals surface area contributed by atoms with Crippen molar-refractivity contribution in [3.8, 4) is 0 Å². The third kappa shape index (κ3) is 4.17. The SMILES string of the molecule is C=COC(=O)C1CC(/C=C/CC)CC1/C=C/CC. The maximum Gasteiger partial charge on any atom is 0.314 e. The zero-order valence-electron chi connectivity index (χ0n) is 11.5. The monoisotopic (exact) mass is 248 g/mol. The van der Waals surface area contributed by atoms with Gasteiger partial charge in [-0.1, -0.05) is 44.7 Å². The minimum atomic E-state index is -0.136. The van der Waals surface area contributed by atoms with Crippen LogP contribution < -0.4 is 0 Å². The zero-order chi connectivity index (χ0) is 13.4. The van der Waals surface area contributed by atoms with Gasteiger partial charge in [0.1, 0.15) is 0 Å². The summed E-state index contributed by atoms with van der Waals surface area (Å²) in [6.45, 7) is 7.69. The first-order valence-electron chi connectivity index (χ1n) is 6.87. The van der Waals surface area contributed by atoms with Crippen LogP contribution in [0.25, 0.3) is 0 Å². The van der Waals surface area contributed by atoms with Crippen molar-refractivity contribution in [2.24, 2.45) is 17.8 Å². The molecule has 0 aliphatic heterocycles. The largest absolute Gasteiger partial charge is 0.435 e. The molecule has 1 fully saturated rings. The first kappa shape index (κ1) is 14.7. The van der Waals surface area contributed by atoms with E-state index in [1.165, 1.54) is 6.26 Å². The molecule has 2 heteroatoms. The molecule has 3 unspecified atom stereocenters. The van der Waals surface area contributed by atoms with Crippen LogP contribution in [0.2, 0.25) is 0 Å². The Morgan fingerprint density at radius 3 is 2.50 bits per heavy atom. The summed E-state index contributed by atoms with van der Waals surface area (Å²) in [5, 5.41) is 0. The van der Waals surface area contributed by atoms with Gasteiger partial charge in [0, 0.05) is 0 Å². The highest BCUT2D eigenvalue weighted by molar-refractivity contribution is 5.74. The van der Waals surface area contributed by atoms with Crippen LogP contribution in [0.4, 0.5) is 0 Å². The third-order valence-corrected chi connectivity index (χ3v) is 3.41. The number of esters is 1. The van der Waals surface area contributed by atoms with E-state index in [9.17, 15) is 4.79 Å². The standard InChI is InChI=1S/C16H24O2/c1-4-7-9-13-11-14(10-8-5-2)15(12-13)16(17)18-6-3/h6-10,13-15H,3-5,11-12H2,1-2H3/b9-7+,10-8+. The average Bonchev–Trinajstić information content (AvgIpc) is 2.77. The van der Waals surface area contributed by atoms with Crippen LogP contribution in [0.15, 0.2) is 37.1 Å². The summed E-state index contributed by atoms with van der Waals surface area (Å²) in [4.78, 5) is 11.9. The summed E-state index contributed by atoms with van der Waals surface area (Å²) in [5.74, 6) is 0.656. The Kier molecular flexibility index (Phi) is 6.48. The lowest BCUT2D eigenvalue weighted by molar-refractivity contribution is -0.143. The summed E-state index contributed by atoms with van der Waals surface area (Å²) in [6.07, 6.45) is 14.0. The van der Waals surface area contributed by atoms with E-state index in [0.29, 0.717) is 11.8 Å². The smallest absolute Gasteiger partial charge is 0.314 e. The molecule has 0 N–H and O–H groups in total. The van der Waals surface area contributed by atoms with Crippen LogP contribution in [0.5, 0.6) is 0 Å². The lowest BCUT2D eigenvalue weighted by Gasteiger charge is -2.12. The Balaban J connectivity index is 2.70. The molecule has 1 aliphatic rings. The van der Waals surface area contributed by atoms with Crippen LogP contribution >= 0.6 is 0 Å². The Labute approximate surface area is 110 Å². The minimum Gasteiger partial charge on any atom is -0.435 e. The fraction of sp³-hybridized carbons (Fsp3) is 0.562. The third-order valence-electron chi connectivity index (χ3n) is 3.41. The predicted molar refractivity (Wildman–Crippen MR) is 74.9 cm³/mol. The molecular formula is C16H24O2. The van der Waals surface area contributed by atoms with Gasteiger partial charge >= 0.3 is 5.97 Å². The first-order valence-corrected chi connectivity index (χ1v) is 6.87. The van der Waals surface area contributed by atoms with Crippen LogP contribution in [0.1, 0.15) is 39.5 Å². The summed E-state index contributed by atoms with van der Waals surface area (Å²) in [5.41, 5.74) is 0. The van der Waals surface area contributed by atoms with Crippen LogP contribution in [0.3, 0.4) is 0 Å². The number of hydrogen-bond acceptors (Lipinski definition) is 2. The summed E-state index contributed by atoms with van der Waals surface area (Å²) in [6, 6.07) is 0. The number of ether oxygens (including phenoxy) is 1. The Hall–Kier alpha value is -1.31. The van der Waals surface area contributed by atoms with Gasteiger partial charge in [-0.2, -0.15) is 0 Å². The van der Waals surface area contributed by atoms with Crippen molar-refractivity contribution in [2.75, 3.05) is 0 Å². The first-order chi connectivity index (χ1) is 8.72. The van der Waals surface area contributed by atoms with E-state index in [1.807, 2.05) is 0 Å². The van der Waals surface area contributed by atoms with Gasteiger partial charge in [-0.05, 0) is 37.5 Å². The molecule has 1 rings (SSSR count). The topological polar surface area (TPSA) is 26.3 Å². The Bertz CT molecular complexity index is 328. The molecule has 0 saturated heterocycles. The summed E-state index contributed by atoms with van der Waals surface area (Å²) < 4.78 is 4.96. The number of carbonyl (C=O) groups excluding carboxylic acids is 1. The number of hydrogen-bond donors (Lipinski definition) is 0. The zero-order valence-corrected chi connectivity index (χ0v) is 11.5. The van der Waals surface area contributed by atoms with Gasteiger partial charge in [-0.3, -0.25) is 4.79 Å². The molecule has 1 aliphatic carbocycles. The van der Waals surface area contributed by atoms with Crippen molar-refractivity contribution in [3.63, 3.8) is 0 Å². The highest BCUT2D eigenvalue weighted by atomic mass is 16.5. The molecule has 0 bridgehead atoms. The molecule has 0 amide bonds. The lowest BCUT2D eigenvalue weighted by atomic mass is 9.95. The summed E-state index contributed by atoms with van der Waals surface area (Å²) >= 11 is 0. The normalized spacial score (nSPS) is 28.0. The second-order valence-electron chi connectivity index (χ2n) is 4.78. The van der Waals surface area contributed by atoms with Gasteiger partial charge in [0.2, 0.25) is 0 Å². The number of rotatable bonds is 6. The molecule has 3 atom stereocenters. The van der Waals surface area contributed by atoms with Crippen molar-refractivity contribution in [2.45, 2.75) is 39.5 Å². The fourth-order valence-corrected chi connectivity index (χ4v) is 2.56. The molecule has 100 valence electrons. The van der Waals surface area contributed by atoms with E-state index in [0.717, 1.165) is 25.7 Å². The van der Waals surface area contributed by atoms with Gasteiger partial charge in [-0.25, -0.2) is 0 Å². The van der Waals surface area contributed by atoms with E-state index in [4.69, 9.17) is 4.74 Å². The molecule has 0 aromatic heterocycles. The second kappa shape index (κ2) is 7.91. The molecule has 0 radical (unpaired) electrons. The van der Waals surface area contributed by atoms with Crippen molar-refractivity contribution < 1.29 is 9.53 Å². The lowest BCUT2D eigenvalue weighted by Crippen LogP contribution is -2.18. The maximum atomic E-state index is 11.9. The second-order valence-corrected chi connectivity index (χ2v) is 4.78. The van der Waals surface area contributed by atoms with Crippen molar-refractivity contribution >= 4 is 5.97 Å². The van der Waals surface area contributed by atoms with Gasteiger partial charge in [0.05, 0.1) is 12.2 Å². The molecule has 0 aromatic carbocycles. The number of allylic oxidation sites excluding steroid dienone is 4. The van der Waals surface area contributed by atoms with E-state index in [-0.39, 0.29) is 11.9 Å². The molecule has 0 heterocycles. The average molecular weight is 248 g/mol. The highest BCUT2D eigenvalue weighted by Crippen LogP contribution is 2.39. The van der Waals surface area contributed by atoms with Crippen molar-refractivity contribution in [1.82, 2.24) is 0 Å². The van der Waals surface area contributed by atoms with Gasteiger partial charge < -0.3 is 4.74 Å². The Morgan fingerprint density at radius 2 is 1.89 bits per heavy atom. The molecular weight excluding hydrogens is 224 g/mol. The van der Waals surface area contributed by atoms with Crippen LogP contribution in [-0.2, 0) is 9.53 Å². The molecule has 2 nitrogen and oxygen atoms in total. The highest BCUT2D eigenvalue weighted by Gasteiger charge is 2.36. The number of carbonyl (C=O) groups is 1. The summed E-state index contributed by atoms with van der Waals surface area (Å²) in [7, 11) is 0. The minimum absolute atomic E-state index is 0.0164. The van der Waals surface area contributed by atoms with Crippen molar-refractivity contribution in [3.05, 3.63) is 37.1 Å². The van der Waals surface area contributed by atoms with Crippen LogP contribution in [0, 0.1) is 17.8 Å². The van der Waals surface area contributed by atoms with Gasteiger partial charge in [0.15, 0.2) is 0 Å². The van der Waals surface area contributed by atoms with Gasteiger partial charge in [-0.15, -0.1) is 0 Å². The quantitative estimate of drug-likeness (QED) is 0.399. The van der Waals surface area contributed by atoms with Gasteiger partial charge in [0.25, 0.3) is 0 Å². The maximum absolute atomic E-state index is 11.9.